The van der Waals surface area contributed by atoms with Crippen molar-refractivity contribution in [3.8, 4) is 6.07 Å². The molecule has 0 aliphatic carbocycles. The zero-order valence-corrected chi connectivity index (χ0v) is 20.8. The highest BCUT2D eigenvalue weighted by Crippen LogP contribution is 2.44. The summed E-state index contributed by atoms with van der Waals surface area (Å²) < 4.78 is 0. The number of nitriles is 1. The van der Waals surface area contributed by atoms with Crippen LogP contribution < -0.4 is 10.2 Å². The number of benzene rings is 2. The van der Waals surface area contributed by atoms with Crippen molar-refractivity contribution < 1.29 is 4.79 Å². The van der Waals surface area contributed by atoms with Crippen molar-refractivity contribution in [3.63, 3.8) is 0 Å². The van der Waals surface area contributed by atoms with Crippen molar-refractivity contribution in [1.29, 1.82) is 5.26 Å². The molecule has 1 aliphatic heterocycles. The Hall–Kier alpha value is -3.52. The number of carbonyl (C=O) groups excluding carboxylic acids is 1. The number of anilines is 1. The van der Waals surface area contributed by atoms with E-state index < -0.39 is 0 Å². The maximum Gasteiger partial charge on any atom is 0.261 e. The van der Waals surface area contributed by atoms with Crippen LogP contribution in [0.2, 0.25) is 0 Å². The minimum absolute atomic E-state index is 0.0838. The largest absolute Gasteiger partial charge is 0.364 e. The molecule has 0 bridgehead atoms. The lowest BCUT2D eigenvalue weighted by atomic mass is 9.79. The number of fused-ring (bicyclic) bond motifs is 2. The van der Waals surface area contributed by atoms with Gasteiger partial charge in [-0.1, -0.05) is 31.2 Å². The number of hydrogen-bond acceptors (Lipinski definition) is 3. The van der Waals surface area contributed by atoms with E-state index in [9.17, 15) is 10.1 Å². The van der Waals surface area contributed by atoms with Gasteiger partial charge in [0.1, 0.15) is 11.6 Å². The van der Waals surface area contributed by atoms with Crippen LogP contribution >= 0.6 is 0 Å². The van der Waals surface area contributed by atoms with Gasteiger partial charge in [0.15, 0.2) is 0 Å². The van der Waals surface area contributed by atoms with Gasteiger partial charge in [0.25, 0.3) is 5.91 Å². The van der Waals surface area contributed by atoms with E-state index in [1.807, 2.05) is 30.5 Å². The number of para-hydroxylation sites is 1. The monoisotopic (exact) mass is 454 g/mol. The molecule has 3 aromatic rings. The first kappa shape index (κ1) is 23.6. The third kappa shape index (κ3) is 4.59. The van der Waals surface area contributed by atoms with Crippen molar-refractivity contribution in [2.45, 2.75) is 65.0 Å². The molecule has 1 atom stereocenters. The lowest BCUT2D eigenvalue weighted by molar-refractivity contribution is -0.117. The van der Waals surface area contributed by atoms with Crippen molar-refractivity contribution in [2.24, 2.45) is 0 Å². The molecule has 0 saturated carbocycles. The molecule has 176 valence electrons. The molecule has 0 unspecified atom stereocenters. The third-order valence-corrected chi connectivity index (χ3v) is 6.85. The second kappa shape index (κ2) is 9.38. The third-order valence-electron chi connectivity index (χ3n) is 6.85. The summed E-state index contributed by atoms with van der Waals surface area (Å²) in [5.41, 5.74) is 5.86. The molecule has 0 saturated heterocycles. The highest BCUT2D eigenvalue weighted by atomic mass is 16.1. The van der Waals surface area contributed by atoms with Gasteiger partial charge < -0.3 is 15.2 Å². The molecule has 0 radical (unpaired) electrons. The normalized spacial score (nSPS) is 17.5. The fourth-order valence-corrected chi connectivity index (χ4v) is 5.60. The number of aromatic amines is 1. The Balaban J connectivity index is 1.49. The summed E-state index contributed by atoms with van der Waals surface area (Å²) in [4.78, 5) is 18.5. The van der Waals surface area contributed by atoms with E-state index in [-0.39, 0.29) is 17.0 Å². The molecule has 4 rings (SSSR count). The summed E-state index contributed by atoms with van der Waals surface area (Å²) in [6, 6.07) is 16.9. The fraction of sp³-hybridized carbons (Fsp3) is 0.379. The van der Waals surface area contributed by atoms with E-state index in [1.54, 1.807) is 6.08 Å². The Morgan fingerprint density at radius 3 is 2.79 bits per heavy atom. The number of amides is 1. The van der Waals surface area contributed by atoms with Crippen molar-refractivity contribution >= 4 is 28.6 Å². The molecule has 5 nitrogen and oxygen atoms in total. The smallest absolute Gasteiger partial charge is 0.261 e. The highest BCUT2D eigenvalue weighted by molar-refractivity contribution is 6.01. The summed E-state index contributed by atoms with van der Waals surface area (Å²) >= 11 is 0. The van der Waals surface area contributed by atoms with Gasteiger partial charge in [-0.15, -0.1) is 0 Å². The molecular formula is C29H34N4O. The van der Waals surface area contributed by atoms with Crippen molar-refractivity contribution in [2.75, 3.05) is 11.4 Å². The predicted molar refractivity (Wildman–Crippen MR) is 140 cm³/mol. The number of carbonyl (C=O) groups is 1. The summed E-state index contributed by atoms with van der Waals surface area (Å²) in [6.07, 6.45) is 5.44. The van der Waals surface area contributed by atoms with E-state index in [0.717, 1.165) is 28.5 Å². The van der Waals surface area contributed by atoms with Gasteiger partial charge >= 0.3 is 0 Å². The van der Waals surface area contributed by atoms with Gasteiger partial charge in [0.05, 0.1) is 0 Å². The van der Waals surface area contributed by atoms with Crippen LogP contribution in [0, 0.1) is 11.3 Å². The molecule has 2 N–H and O–H groups in total. The van der Waals surface area contributed by atoms with Gasteiger partial charge in [0.2, 0.25) is 0 Å². The number of hydrogen-bond donors (Lipinski definition) is 2. The van der Waals surface area contributed by atoms with Gasteiger partial charge in [-0.05, 0) is 87.4 Å². The number of rotatable bonds is 6. The lowest BCUT2D eigenvalue weighted by Gasteiger charge is -2.50. The maximum absolute atomic E-state index is 12.7. The fourth-order valence-electron chi connectivity index (χ4n) is 5.60. The minimum atomic E-state index is -0.335. The molecule has 1 amide bonds. The van der Waals surface area contributed by atoms with Crippen LogP contribution in [0.1, 0.15) is 63.6 Å². The first-order valence-electron chi connectivity index (χ1n) is 12.1. The van der Waals surface area contributed by atoms with Crippen LogP contribution in [0.4, 0.5) is 5.69 Å². The van der Waals surface area contributed by atoms with E-state index in [0.29, 0.717) is 24.9 Å². The Kier molecular flexibility index (Phi) is 6.52. The van der Waals surface area contributed by atoms with Crippen molar-refractivity contribution in [3.05, 3.63) is 70.9 Å². The standard InChI is InChI=1S/C29H34N4O/c1-19(2)33-27-11-10-21(15-25(27)20(3)16-29(33,4)5)14-23(17-30)28(34)31-13-12-22-18-32-26-9-7-6-8-24(22)26/h6-11,14-15,18-20,32H,12-13,16H2,1-5H3,(H,31,34)/b23-14-/t20-/m0/s1. The second-order valence-electron chi connectivity index (χ2n) is 10.2. The topological polar surface area (TPSA) is 71.9 Å². The summed E-state index contributed by atoms with van der Waals surface area (Å²) in [5, 5.41) is 13.7. The van der Waals surface area contributed by atoms with Crippen molar-refractivity contribution in [1.82, 2.24) is 10.3 Å². The van der Waals surface area contributed by atoms with E-state index in [2.05, 4.69) is 74.1 Å². The summed E-state index contributed by atoms with van der Waals surface area (Å²) in [6.45, 7) is 11.8. The quantitative estimate of drug-likeness (QED) is 0.358. The van der Waals surface area contributed by atoms with Crippen LogP contribution in [0.3, 0.4) is 0 Å². The lowest BCUT2D eigenvalue weighted by Crippen LogP contribution is -2.51. The van der Waals surface area contributed by atoms with Gasteiger partial charge in [-0.25, -0.2) is 0 Å². The highest BCUT2D eigenvalue weighted by Gasteiger charge is 2.37. The molecule has 0 spiro atoms. The Bertz CT molecular complexity index is 1270. The molecule has 2 heterocycles. The average Bonchev–Trinajstić information content (AvgIpc) is 3.20. The van der Waals surface area contributed by atoms with E-state index in [1.165, 1.54) is 11.3 Å². The first-order valence-corrected chi connectivity index (χ1v) is 12.1. The number of H-pyrrole nitrogens is 1. The molecular weight excluding hydrogens is 420 g/mol. The molecule has 1 aromatic heterocycles. The number of aromatic nitrogens is 1. The van der Waals surface area contributed by atoms with Crippen LogP contribution in [0.15, 0.2) is 54.2 Å². The summed E-state index contributed by atoms with van der Waals surface area (Å²) in [5.74, 6) is 0.0712. The molecule has 34 heavy (non-hydrogen) atoms. The Morgan fingerprint density at radius 2 is 2.06 bits per heavy atom. The second-order valence-corrected chi connectivity index (χ2v) is 10.2. The first-order chi connectivity index (χ1) is 16.2. The van der Waals surface area contributed by atoms with E-state index in [4.69, 9.17) is 0 Å². The SMILES string of the molecule is CC(C)N1c2ccc(/C=C(/C#N)C(=O)NCCc3c[nH]c4ccccc34)cc2[C@@H](C)CC1(C)C. The maximum atomic E-state index is 12.7. The van der Waals surface area contributed by atoms with Crippen LogP contribution in [0.5, 0.6) is 0 Å². The zero-order chi connectivity index (χ0) is 24.5. The Labute approximate surface area is 202 Å². The zero-order valence-electron chi connectivity index (χ0n) is 20.8. The van der Waals surface area contributed by atoms with Crippen LogP contribution in [0.25, 0.3) is 17.0 Å². The Morgan fingerprint density at radius 1 is 1.29 bits per heavy atom. The average molecular weight is 455 g/mol. The van der Waals surface area contributed by atoms with Crippen LogP contribution in [-0.4, -0.2) is 29.0 Å². The predicted octanol–water partition coefficient (Wildman–Crippen LogP) is 5.93. The molecule has 2 aromatic carbocycles. The molecule has 5 heteroatoms. The molecule has 0 fully saturated rings. The number of nitrogens with zero attached hydrogens (tertiary/aromatic N) is 2. The minimum Gasteiger partial charge on any atom is -0.364 e. The van der Waals surface area contributed by atoms with E-state index >= 15 is 0 Å². The van der Waals surface area contributed by atoms with Gasteiger partial charge in [0, 0.05) is 40.9 Å². The molecule has 1 aliphatic rings. The van der Waals surface area contributed by atoms with Gasteiger partial charge in [-0.3, -0.25) is 4.79 Å². The number of nitrogens with one attached hydrogen (secondary N) is 2. The van der Waals surface area contributed by atoms with Crippen LogP contribution in [-0.2, 0) is 11.2 Å². The van der Waals surface area contributed by atoms with Gasteiger partial charge in [-0.2, -0.15) is 5.26 Å². The summed E-state index contributed by atoms with van der Waals surface area (Å²) in [7, 11) is 0.